The monoisotopic (exact) mass is 296 g/mol. The first-order valence-corrected chi connectivity index (χ1v) is 6.65. The number of rotatable bonds is 3. The van der Waals surface area contributed by atoms with Crippen LogP contribution in [0.5, 0.6) is 0 Å². The maximum atomic E-state index is 13.8. The van der Waals surface area contributed by atoms with Gasteiger partial charge in [0, 0.05) is 11.3 Å². The normalized spacial score (nSPS) is 10.2. The first-order chi connectivity index (χ1) is 10.7. The molecule has 0 saturated heterocycles. The van der Waals surface area contributed by atoms with Crippen molar-refractivity contribution >= 4 is 17.4 Å². The lowest BCUT2D eigenvalue weighted by Gasteiger charge is -2.08. The third-order valence-corrected chi connectivity index (χ3v) is 3.06. The van der Waals surface area contributed by atoms with E-state index in [0.717, 1.165) is 0 Å². The number of anilines is 2. The van der Waals surface area contributed by atoms with E-state index in [1.807, 2.05) is 18.2 Å². The highest BCUT2D eigenvalue weighted by atomic mass is 19.1. The van der Waals surface area contributed by atoms with Crippen molar-refractivity contribution in [1.82, 2.24) is 10.2 Å². The molecule has 0 atom stereocenters. The quantitative estimate of drug-likeness (QED) is 0.687. The Hall–Kier alpha value is -3.15. The van der Waals surface area contributed by atoms with Gasteiger partial charge in [0.1, 0.15) is 5.82 Å². The van der Waals surface area contributed by atoms with Gasteiger partial charge in [-0.25, -0.2) is 9.18 Å². The fourth-order valence-electron chi connectivity index (χ4n) is 2.06. The van der Waals surface area contributed by atoms with Crippen LogP contribution in [-0.2, 0) is 0 Å². The first-order valence-electron chi connectivity index (χ1n) is 6.65. The number of para-hydroxylation sites is 1. The number of hydrogen-bond donors (Lipinski definition) is 3. The number of nitrogens with one attached hydrogen (secondary N) is 3. The number of halogens is 1. The summed E-state index contributed by atoms with van der Waals surface area (Å²) >= 11 is 0. The van der Waals surface area contributed by atoms with E-state index in [1.165, 1.54) is 12.3 Å². The standard InChI is InChI=1S/C16H13FN4O/c17-13-9-5-4-8-12(13)15-14(10-18-21-15)20-16(22)19-11-6-2-1-3-7-11/h1-10H,(H,18,21)(H2,19,20,22). The summed E-state index contributed by atoms with van der Waals surface area (Å²) in [7, 11) is 0. The van der Waals surface area contributed by atoms with Gasteiger partial charge >= 0.3 is 6.03 Å². The van der Waals surface area contributed by atoms with E-state index < -0.39 is 11.8 Å². The van der Waals surface area contributed by atoms with Crippen LogP contribution in [-0.4, -0.2) is 16.2 Å². The van der Waals surface area contributed by atoms with E-state index in [1.54, 1.807) is 30.3 Å². The number of urea groups is 1. The van der Waals surface area contributed by atoms with Gasteiger partial charge in [-0.1, -0.05) is 30.3 Å². The molecule has 110 valence electrons. The van der Waals surface area contributed by atoms with Crippen molar-refractivity contribution < 1.29 is 9.18 Å². The maximum absolute atomic E-state index is 13.8. The smallest absolute Gasteiger partial charge is 0.308 e. The number of aromatic nitrogens is 2. The molecule has 5 nitrogen and oxygen atoms in total. The Morgan fingerprint density at radius 2 is 1.73 bits per heavy atom. The van der Waals surface area contributed by atoms with Gasteiger partial charge in [0.25, 0.3) is 0 Å². The van der Waals surface area contributed by atoms with Gasteiger partial charge in [-0.15, -0.1) is 0 Å². The average molecular weight is 296 g/mol. The van der Waals surface area contributed by atoms with Gasteiger partial charge < -0.3 is 10.6 Å². The molecule has 0 saturated carbocycles. The molecular weight excluding hydrogens is 283 g/mol. The van der Waals surface area contributed by atoms with Gasteiger partial charge in [0.05, 0.1) is 17.6 Å². The van der Waals surface area contributed by atoms with Crippen LogP contribution < -0.4 is 10.6 Å². The molecule has 1 heterocycles. The van der Waals surface area contributed by atoms with Gasteiger partial charge in [-0.2, -0.15) is 5.10 Å². The highest BCUT2D eigenvalue weighted by Gasteiger charge is 2.13. The molecule has 0 fully saturated rings. The molecule has 0 aliphatic carbocycles. The van der Waals surface area contributed by atoms with Crippen molar-refractivity contribution in [3.05, 3.63) is 66.6 Å². The summed E-state index contributed by atoms with van der Waals surface area (Å²) in [6.45, 7) is 0. The van der Waals surface area contributed by atoms with E-state index in [4.69, 9.17) is 0 Å². The van der Waals surface area contributed by atoms with Gasteiger partial charge in [-0.3, -0.25) is 5.10 Å². The van der Waals surface area contributed by atoms with E-state index in [0.29, 0.717) is 22.6 Å². The highest BCUT2D eigenvalue weighted by molar-refractivity contribution is 6.01. The van der Waals surface area contributed by atoms with Crippen LogP contribution in [0.3, 0.4) is 0 Å². The number of carbonyl (C=O) groups excluding carboxylic acids is 1. The molecule has 0 aliphatic rings. The second-order valence-electron chi connectivity index (χ2n) is 4.58. The molecule has 6 heteroatoms. The minimum absolute atomic E-state index is 0.343. The molecule has 0 aliphatic heterocycles. The van der Waals surface area contributed by atoms with Gasteiger partial charge in [0.2, 0.25) is 0 Å². The molecule has 22 heavy (non-hydrogen) atoms. The summed E-state index contributed by atoms with van der Waals surface area (Å²) in [5, 5.41) is 11.9. The largest absolute Gasteiger partial charge is 0.323 e. The lowest BCUT2D eigenvalue weighted by molar-refractivity contribution is 0.262. The van der Waals surface area contributed by atoms with Crippen LogP contribution in [0.2, 0.25) is 0 Å². The maximum Gasteiger partial charge on any atom is 0.323 e. The number of nitrogens with zero attached hydrogens (tertiary/aromatic N) is 1. The zero-order valence-corrected chi connectivity index (χ0v) is 11.5. The van der Waals surface area contributed by atoms with Crippen LogP contribution in [0.4, 0.5) is 20.6 Å². The minimum Gasteiger partial charge on any atom is -0.308 e. The zero-order chi connectivity index (χ0) is 15.4. The zero-order valence-electron chi connectivity index (χ0n) is 11.5. The van der Waals surface area contributed by atoms with Crippen molar-refractivity contribution in [2.45, 2.75) is 0 Å². The molecule has 0 bridgehead atoms. The number of aromatic amines is 1. The molecule has 2 aromatic carbocycles. The summed E-state index contributed by atoms with van der Waals surface area (Å²) in [5.41, 5.74) is 1.82. The van der Waals surface area contributed by atoms with Crippen molar-refractivity contribution in [2.24, 2.45) is 0 Å². The molecule has 3 aromatic rings. The number of carbonyl (C=O) groups is 1. The van der Waals surface area contributed by atoms with Crippen molar-refractivity contribution in [3.63, 3.8) is 0 Å². The molecule has 3 N–H and O–H groups in total. The Kier molecular flexibility index (Phi) is 3.82. The van der Waals surface area contributed by atoms with Gasteiger partial charge in [0.15, 0.2) is 0 Å². The lowest BCUT2D eigenvalue weighted by atomic mass is 10.1. The second-order valence-corrected chi connectivity index (χ2v) is 4.58. The molecule has 2 amide bonds. The Morgan fingerprint density at radius 1 is 1.00 bits per heavy atom. The Bertz CT molecular complexity index is 786. The van der Waals surface area contributed by atoms with Crippen LogP contribution in [0.15, 0.2) is 60.8 Å². The molecule has 3 rings (SSSR count). The molecule has 0 unspecified atom stereocenters. The fourth-order valence-corrected chi connectivity index (χ4v) is 2.06. The minimum atomic E-state index is -0.426. The number of amides is 2. The van der Waals surface area contributed by atoms with E-state index in [2.05, 4.69) is 20.8 Å². The fraction of sp³-hybridized carbons (Fsp3) is 0. The van der Waals surface area contributed by atoms with Crippen molar-refractivity contribution in [2.75, 3.05) is 10.6 Å². The average Bonchev–Trinajstić information content (AvgIpc) is 2.96. The summed E-state index contributed by atoms with van der Waals surface area (Å²) in [4.78, 5) is 12.0. The predicted molar refractivity (Wildman–Crippen MR) is 83.1 cm³/mol. The molecule has 1 aromatic heterocycles. The Labute approximate surface area is 126 Å². The van der Waals surface area contributed by atoms with Crippen LogP contribution in [0.25, 0.3) is 11.3 Å². The summed E-state index contributed by atoms with van der Waals surface area (Å²) in [6.07, 6.45) is 1.44. The van der Waals surface area contributed by atoms with E-state index in [9.17, 15) is 9.18 Å². The highest BCUT2D eigenvalue weighted by Crippen LogP contribution is 2.27. The predicted octanol–water partition coefficient (Wildman–Crippen LogP) is 3.86. The molecular formula is C16H13FN4O. The molecule has 0 spiro atoms. The second kappa shape index (κ2) is 6.09. The van der Waals surface area contributed by atoms with Crippen LogP contribution >= 0.6 is 0 Å². The van der Waals surface area contributed by atoms with Crippen LogP contribution in [0, 0.1) is 5.82 Å². The van der Waals surface area contributed by atoms with Crippen LogP contribution in [0.1, 0.15) is 0 Å². The van der Waals surface area contributed by atoms with E-state index in [-0.39, 0.29) is 0 Å². The summed E-state index contributed by atoms with van der Waals surface area (Å²) in [6, 6.07) is 14.9. The Balaban J connectivity index is 1.78. The lowest BCUT2D eigenvalue weighted by Crippen LogP contribution is -2.19. The summed E-state index contributed by atoms with van der Waals surface area (Å²) < 4.78 is 13.8. The third kappa shape index (κ3) is 2.95. The molecule has 0 radical (unpaired) electrons. The van der Waals surface area contributed by atoms with E-state index >= 15 is 0 Å². The van der Waals surface area contributed by atoms with Crippen molar-refractivity contribution in [1.29, 1.82) is 0 Å². The number of hydrogen-bond acceptors (Lipinski definition) is 2. The summed E-state index contributed by atoms with van der Waals surface area (Å²) in [5.74, 6) is -0.390. The SMILES string of the molecule is O=C(Nc1ccccc1)Nc1cn[nH]c1-c1ccccc1F. The van der Waals surface area contributed by atoms with Gasteiger partial charge in [-0.05, 0) is 24.3 Å². The van der Waals surface area contributed by atoms with Crippen molar-refractivity contribution in [3.8, 4) is 11.3 Å². The number of benzene rings is 2. The first kappa shape index (κ1) is 13.8. The third-order valence-electron chi connectivity index (χ3n) is 3.06. The Morgan fingerprint density at radius 3 is 2.50 bits per heavy atom. The topological polar surface area (TPSA) is 69.8 Å². The number of H-pyrrole nitrogens is 1.